The second-order valence-corrected chi connectivity index (χ2v) is 4.36. The largest absolute Gasteiger partial charge is 0.337 e. The van der Waals surface area contributed by atoms with Gasteiger partial charge in [-0.2, -0.15) is 0 Å². The van der Waals surface area contributed by atoms with Gasteiger partial charge in [-0.1, -0.05) is 0 Å². The van der Waals surface area contributed by atoms with Crippen molar-refractivity contribution in [3.8, 4) is 0 Å². The predicted octanol–water partition coefficient (Wildman–Crippen LogP) is 1.67. The van der Waals surface area contributed by atoms with Gasteiger partial charge in [-0.15, -0.1) is 0 Å². The summed E-state index contributed by atoms with van der Waals surface area (Å²) < 4.78 is 4.28. The van der Waals surface area contributed by atoms with E-state index in [0.29, 0.717) is 0 Å². The summed E-state index contributed by atoms with van der Waals surface area (Å²) in [5, 5.41) is 3.46. The summed E-state index contributed by atoms with van der Waals surface area (Å²) in [7, 11) is 0. The van der Waals surface area contributed by atoms with Crippen LogP contribution in [-0.4, -0.2) is 25.6 Å². The van der Waals surface area contributed by atoms with Crippen molar-refractivity contribution in [3.63, 3.8) is 0 Å². The molecule has 2 aromatic rings. The van der Waals surface area contributed by atoms with Gasteiger partial charge in [0.25, 0.3) is 0 Å². The van der Waals surface area contributed by atoms with E-state index in [-0.39, 0.29) is 0 Å². The van der Waals surface area contributed by atoms with Gasteiger partial charge in [0.15, 0.2) is 0 Å². The molecule has 0 atom stereocenters. The number of unbranched alkanes of at least 4 members (excludes halogenated alkanes) is 1. The minimum Gasteiger partial charge on any atom is -0.337 e. The fourth-order valence-electron chi connectivity index (χ4n) is 1.96. The van der Waals surface area contributed by atoms with E-state index in [4.69, 9.17) is 0 Å². The predicted molar refractivity (Wildman–Crippen MR) is 71.1 cm³/mol. The molecule has 0 amide bonds. The summed E-state index contributed by atoms with van der Waals surface area (Å²) in [6.07, 6.45) is 11.9. The number of nitrogens with zero attached hydrogens (tertiary/aromatic N) is 4. The van der Waals surface area contributed by atoms with Crippen LogP contribution in [0.4, 0.5) is 0 Å². The number of nitrogens with one attached hydrogen (secondary N) is 1. The number of hydrogen-bond donors (Lipinski definition) is 1. The SMILES string of the molecule is CCn1cncc1CNCCCCn1ccnc1. The van der Waals surface area contributed by atoms with E-state index >= 15 is 0 Å². The first-order valence-electron chi connectivity index (χ1n) is 6.55. The van der Waals surface area contributed by atoms with Crippen molar-refractivity contribution in [2.24, 2.45) is 0 Å². The minimum absolute atomic E-state index is 0.902. The first-order chi connectivity index (χ1) is 8.90. The summed E-state index contributed by atoms with van der Waals surface area (Å²) in [6.45, 7) is 6.12. The summed E-state index contributed by atoms with van der Waals surface area (Å²) in [5.74, 6) is 0. The maximum atomic E-state index is 4.15. The van der Waals surface area contributed by atoms with Gasteiger partial charge in [0.2, 0.25) is 0 Å². The van der Waals surface area contributed by atoms with E-state index in [0.717, 1.165) is 26.2 Å². The van der Waals surface area contributed by atoms with Gasteiger partial charge in [0, 0.05) is 38.2 Å². The third-order valence-electron chi connectivity index (χ3n) is 3.02. The zero-order chi connectivity index (χ0) is 12.6. The van der Waals surface area contributed by atoms with Crippen LogP contribution in [0.1, 0.15) is 25.5 Å². The highest BCUT2D eigenvalue weighted by Crippen LogP contribution is 1.99. The van der Waals surface area contributed by atoms with Crippen molar-refractivity contribution in [2.75, 3.05) is 6.54 Å². The molecule has 0 radical (unpaired) electrons. The Labute approximate surface area is 108 Å². The molecule has 0 fully saturated rings. The highest BCUT2D eigenvalue weighted by atomic mass is 15.1. The zero-order valence-corrected chi connectivity index (χ0v) is 10.9. The van der Waals surface area contributed by atoms with Crippen molar-refractivity contribution in [3.05, 3.63) is 36.9 Å². The first kappa shape index (κ1) is 12.8. The van der Waals surface area contributed by atoms with Gasteiger partial charge < -0.3 is 14.5 Å². The van der Waals surface area contributed by atoms with E-state index in [2.05, 4.69) is 31.3 Å². The Morgan fingerprint density at radius 3 is 2.94 bits per heavy atom. The van der Waals surface area contributed by atoms with Crippen LogP contribution in [0, 0.1) is 0 Å². The minimum atomic E-state index is 0.902. The molecule has 0 unspecified atom stereocenters. The number of imidazole rings is 2. The molecule has 98 valence electrons. The third kappa shape index (κ3) is 3.70. The Hall–Kier alpha value is -1.62. The molecule has 18 heavy (non-hydrogen) atoms. The lowest BCUT2D eigenvalue weighted by atomic mass is 10.3. The van der Waals surface area contributed by atoms with Crippen molar-refractivity contribution < 1.29 is 0 Å². The van der Waals surface area contributed by atoms with Crippen LogP contribution in [0.25, 0.3) is 0 Å². The van der Waals surface area contributed by atoms with Crippen LogP contribution in [0.3, 0.4) is 0 Å². The number of aromatic nitrogens is 4. The first-order valence-corrected chi connectivity index (χ1v) is 6.55. The van der Waals surface area contributed by atoms with Gasteiger partial charge in [0.05, 0.1) is 18.3 Å². The third-order valence-corrected chi connectivity index (χ3v) is 3.02. The maximum absolute atomic E-state index is 4.15. The fraction of sp³-hybridized carbons (Fsp3) is 0.538. The topological polar surface area (TPSA) is 47.7 Å². The lowest BCUT2D eigenvalue weighted by molar-refractivity contribution is 0.556. The summed E-state index contributed by atoms with van der Waals surface area (Å²) >= 11 is 0. The molecule has 5 heteroatoms. The molecule has 0 aliphatic heterocycles. The van der Waals surface area contributed by atoms with Gasteiger partial charge in [0.1, 0.15) is 0 Å². The van der Waals surface area contributed by atoms with E-state index in [1.807, 2.05) is 31.2 Å². The summed E-state index contributed by atoms with van der Waals surface area (Å²) in [6, 6.07) is 0. The standard InChI is InChI=1S/C13H21N5/c1-2-18-12-16-10-13(18)9-14-5-3-4-7-17-8-6-15-11-17/h6,8,10-12,14H,2-5,7,9H2,1H3. The van der Waals surface area contributed by atoms with Gasteiger partial charge in [-0.3, -0.25) is 0 Å². The Morgan fingerprint density at radius 2 is 2.17 bits per heavy atom. The monoisotopic (exact) mass is 247 g/mol. The van der Waals surface area contributed by atoms with E-state index in [1.165, 1.54) is 18.5 Å². The van der Waals surface area contributed by atoms with Crippen LogP contribution in [0.5, 0.6) is 0 Å². The highest BCUT2D eigenvalue weighted by Gasteiger charge is 1.99. The normalized spacial score (nSPS) is 10.9. The zero-order valence-electron chi connectivity index (χ0n) is 10.9. The highest BCUT2D eigenvalue weighted by molar-refractivity contribution is 4.97. The molecule has 1 N–H and O–H groups in total. The van der Waals surface area contributed by atoms with Crippen molar-refractivity contribution in [1.82, 2.24) is 24.4 Å². The maximum Gasteiger partial charge on any atom is 0.0948 e. The van der Waals surface area contributed by atoms with Crippen LogP contribution < -0.4 is 5.32 Å². The quantitative estimate of drug-likeness (QED) is 0.722. The molecule has 0 aliphatic carbocycles. The number of hydrogen-bond acceptors (Lipinski definition) is 3. The molecule has 5 nitrogen and oxygen atoms in total. The molecule has 0 bridgehead atoms. The Morgan fingerprint density at radius 1 is 1.22 bits per heavy atom. The van der Waals surface area contributed by atoms with Crippen molar-refractivity contribution in [1.29, 1.82) is 0 Å². The second kappa shape index (κ2) is 6.96. The molecule has 0 aliphatic rings. The smallest absolute Gasteiger partial charge is 0.0948 e. The van der Waals surface area contributed by atoms with Crippen LogP contribution in [0.15, 0.2) is 31.2 Å². The number of rotatable bonds is 8. The Kier molecular flexibility index (Phi) is 4.96. The molecule has 2 heterocycles. The van der Waals surface area contributed by atoms with Gasteiger partial charge in [-0.25, -0.2) is 9.97 Å². The molecule has 0 aromatic carbocycles. The summed E-state index contributed by atoms with van der Waals surface area (Å²) in [5.41, 5.74) is 1.26. The molecular formula is C13H21N5. The van der Waals surface area contributed by atoms with Gasteiger partial charge in [-0.05, 0) is 26.3 Å². The lowest BCUT2D eigenvalue weighted by Crippen LogP contribution is -2.17. The molecule has 2 rings (SSSR count). The molecular weight excluding hydrogens is 226 g/mol. The lowest BCUT2D eigenvalue weighted by Gasteiger charge is -2.07. The van der Waals surface area contributed by atoms with Gasteiger partial charge >= 0.3 is 0 Å². The van der Waals surface area contributed by atoms with E-state index in [9.17, 15) is 0 Å². The molecule has 2 aromatic heterocycles. The Balaban J connectivity index is 1.56. The van der Waals surface area contributed by atoms with Crippen LogP contribution in [-0.2, 0) is 19.6 Å². The van der Waals surface area contributed by atoms with E-state index < -0.39 is 0 Å². The molecule has 0 saturated carbocycles. The molecule has 0 spiro atoms. The van der Waals surface area contributed by atoms with Crippen LogP contribution >= 0.6 is 0 Å². The average Bonchev–Trinajstić information content (AvgIpc) is 3.04. The number of aryl methyl sites for hydroxylation is 2. The fourth-order valence-corrected chi connectivity index (χ4v) is 1.96. The van der Waals surface area contributed by atoms with Crippen molar-refractivity contribution in [2.45, 2.75) is 39.4 Å². The average molecular weight is 247 g/mol. The van der Waals surface area contributed by atoms with Crippen molar-refractivity contribution >= 4 is 0 Å². The summed E-state index contributed by atoms with van der Waals surface area (Å²) in [4.78, 5) is 8.18. The Bertz CT molecular complexity index is 432. The van der Waals surface area contributed by atoms with Crippen LogP contribution in [0.2, 0.25) is 0 Å². The van der Waals surface area contributed by atoms with E-state index in [1.54, 1.807) is 0 Å². The molecule has 0 saturated heterocycles. The second-order valence-electron chi connectivity index (χ2n) is 4.36.